The molecule has 2 heterocycles. The average Bonchev–Trinajstić information content (AvgIpc) is 2.69. The van der Waals surface area contributed by atoms with Crippen LogP contribution < -0.4 is 5.32 Å². The standard InChI is InChI=1S/C13H15NO7/c1-12(2)20-10(17)7(11(18)21-12)6-14-13(3)5-4-8(19-13)9(15)16/h4-6,8,14H,1-3H3,(H,15,16). The summed E-state index contributed by atoms with van der Waals surface area (Å²) in [5.74, 6) is -4.11. The topological polar surface area (TPSA) is 111 Å². The molecule has 0 saturated carbocycles. The zero-order chi connectivity index (χ0) is 15.8. The van der Waals surface area contributed by atoms with Crippen molar-refractivity contribution in [2.75, 3.05) is 0 Å². The number of aliphatic carboxylic acids is 1. The lowest BCUT2D eigenvalue weighted by Gasteiger charge is -2.30. The number of carboxylic acid groups (broad SMARTS) is 1. The second-order valence-corrected chi connectivity index (χ2v) is 5.22. The molecule has 0 aliphatic carbocycles. The Morgan fingerprint density at radius 2 is 1.86 bits per heavy atom. The Balaban J connectivity index is 2.08. The minimum Gasteiger partial charge on any atom is -0.479 e. The highest BCUT2D eigenvalue weighted by Gasteiger charge is 2.40. The van der Waals surface area contributed by atoms with E-state index >= 15 is 0 Å². The minimum atomic E-state index is -1.31. The van der Waals surface area contributed by atoms with E-state index in [1.165, 1.54) is 26.0 Å². The molecule has 2 N–H and O–H groups in total. The molecule has 0 radical (unpaired) electrons. The third-order valence-corrected chi connectivity index (χ3v) is 2.82. The quantitative estimate of drug-likeness (QED) is 0.325. The van der Waals surface area contributed by atoms with Gasteiger partial charge in [0.2, 0.25) is 0 Å². The molecule has 1 saturated heterocycles. The van der Waals surface area contributed by atoms with E-state index in [4.69, 9.17) is 19.3 Å². The second-order valence-electron chi connectivity index (χ2n) is 5.22. The Morgan fingerprint density at radius 3 is 2.33 bits per heavy atom. The van der Waals surface area contributed by atoms with Gasteiger partial charge in [-0.25, -0.2) is 14.4 Å². The van der Waals surface area contributed by atoms with E-state index in [-0.39, 0.29) is 5.57 Å². The molecule has 2 atom stereocenters. The Hall–Kier alpha value is -2.35. The number of hydrogen-bond acceptors (Lipinski definition) is 7. The lowest BCUT2D eigenvalue weighted by Crippen LogP contribution is -2.44. The fourth-order valence-electron chi connectivity index (χ4n) is 1.82. The summed E-state index contributed by atoms with van der Waals surface area (Å²) < 4.78 is 15.1. The van der Waals surface area contributed by atoms with Crippen LogP contribution >= 0.6 is 0 Å². The molecule has 0 aromatic rings. The first-order valence-corrected chi connectivity index (χ1v) is 6.16. The summed E-state index contributed by atoms with van der Waals surface area (Å²) in [6.07, 6.45) is 2.83. The van der Waals surface area contributed by atoms with Crippen LogP contribution in [-0.2, 0) is 28.6 Å². The smallest absolute Gasteiger partial charge is 0.350 e. The molecule has 2 aliphatic rings. The first-order chi connectivity index (χ1) is 9.62. The molecule has 0 spiro atoms. The fraction of sp³-hybridized carbons (Fsp3) is 0.462. The summed E-state index contributed by atoms with van der Waals surface area (Å²) >= 11 is 0. The van der Waals surface area contributed by atoms with Gasteiger partial charge in [0.25, 0.3) is 5.79 Å². The summed E-state index contributed by atoms with van der Waals surface area (Å²) in [5, 5.41) is 11.5. The SMILES string of the molecule is CC1(NC=C2C(=O)OC(C)(C)OC2=O)C=CC(C(=O)O)O1. The maximum absolute atomic E-state index is 11.7. The summed E-state index contributed by atoms with van der Waals surface area (Å²) in [6.45, 7) is 4.43. The summed E-state index contributed by atoms with van der Waals surface area (Å²) in [7, 11) is 0. The van der Waals surface area contributed by atoms with Crippen LogP contribution in [0, 0.1) is 0 Å². The molecular weight excluding hydrogens is 282 g/mol. The third-order valence-electron chi connectivity index (χ3n) is 2.82. The molecule has 2 aliphatic heterocycles. The van der Waals surface area contributed by atoms with Gasteiger partial charge in [-0.15, -0.1) is 0 Å². The normalized spacial score (nSPS) is 30.6. The number of carbonyl (C=O) groups excluding carboxylic acids is 2. The number of rotatable bonds is 3. The first-order valence-electron chi connectivity index (χ1n) is 6.16. The van der Waals surface area contributed by atoms with Crippen LogP contribution in [-0.4, -0.2) is 40.6 Å². The van der Waals surface area contributed by atoms with Crippen molar-refractivity contribution in [2.45, 2.75) is 38.4 Å². The highest BCUT2D eigenvalue weighted by Crippen LogP contribution is 2.24. The van der Waals surface area contributed by atoms with Crippen LogP contribution in [0.25, 0.3) is 0 Å². The van der Waals surface area contributed by atoms with Crippen molar-refractivity contribution in [1.29, 1.82) is 0 Å². The van der Waals surface area contributed by atoms with Gasteiger partial charge < -0.3 is 24.6 Å². The van der Waals surface area contributed by atoms with E-state index in [0.717, 1.165) is 6.20 Å². The van der Waals surface area contributed by atoms with Gasteiger partial charge >= 0.3 is 17.9 Å². The van der Waals surface area contributed by atoms with Crippen molar-refractivity contribution in [2.24, 2.45) is 0 Å². The maximum Gasteiger partial charge on any atom is 0.350 e. The number of carboxylic acids is 1. The number of esters is 2. The number of cyclic esters (lactones) is 2. The Labute approximate surface area is 120 Å². The van der Waals surface area contributed by atoms with Gasteiger partial charge in [-0.05, 0) is 19.1 Å². The zero-order valence-corrected chi connectivity index (χ0v) is 11.7. The van der Waals surface area contributed by atoms with Crippen LogP contribution in [0.3, 0.4) is 0 Å². The predicted molar refractivity (Wildman–Crippen MR) is 67.5 cm³/mol. The van der Waals surface area contributed by atoms with Gasteiger partial charge in [-0.1, -0.05) is 0 Å². The molecule has 1 fully saturated rings. The molecule has 0 aromatic heterocycles. The van der Waals surface area contributed by atoms with E-state index in [0.29, 0.717) is 0 Å². The van der Waals surface area contributed by atoms with E-state index in [9.17, 15) is 14.4 Å². The third kappa shape index (κ3) is 3.22. The van der Waals surface area contributed by atoms with E-state index in [1.807, 2.05) is 0 Å². The maximum atomic E-state index is 11.7. The fourth-order valence-corrected chi connectivity index (χ4v) is 1.82. The zero-order valence-electron chi connectivity index (χ0n) is 11.7. The highest BCUT2D eigenvalue weighted by atomic mass is 16.7. The van der Waals surface area contributed by atoms with Crippen LogP contribution in [0.1, 0.15) is 20.8 Å². The molecular formula is C13H15NO7. The van der Waals surface area contributed by atoms with E-state index in [2.05, 4.69) is 5.32 Å². The van der Waals surface area contributed by atoms with Gasteiger partial charge in [0, 0.05) is 20.0 Å². The lowest BCUT2D eigenvalue weighted by atomic mass is 10.2. The summed E-state index contributed by atoms with van der Waals surface area (Å²) in [4.78, 5) is 34.2. The van der Waals surface area contributed by atoms with Crippen LogP contribution in [0.2, 0.25) is 0 Å². The van der Waals surface area contributed by atoms with Gasteiger partial charge in [0.15, 0.2) is 17.4 Å². The predicted octanol–water partition coefficient (Wildman–Crippen LogP) is 0.0518. The highest BCUT2D eigenvalue weighted by molar-refractivity contribution is 6.15. The summed E-state index contributed by atoms with van der Waals surface area (Å²) in [5.41, 5.74) is -1.48. The van der Waals surface area contributed by atoms with Crippen molar-refractivity contribution in [3.8, 4) is 0 Å². The molecule has 114 valence electrons. The second kappa shape index (κ2) is 4.88. The minimum absolute atomic E-state index is 0.327. The van der Waals surface area contributed by atoms with Crippen molar-refractivity contribution in [3.05, 3.63) is 23.9 Å². The molecule has 21 heavy (non-hydrogen) atoms. The molecule has 8 heteroatoms. The van der Waals surface area contributed by atoms with Crippen molar-refractivity contribution < 1.29 is 33.7 Å². The molecule has 0 bridgehead atoms. The van der Waals surface area contributed by atoms with Crippen LogP contribution in [0.4, 0.5) is 0 Å². The Bertz CT molecular complexity index is 541. The molecule has 0 aromatic carbocycles. The van der Waals surface area contributed by atoms with Crippen molar-refractivity contribution in [3.63, 3.8) is 0 Å². The molecule has 0 amide bonds. The average molecular weight is 297 g/mol. The lowest BCUT2D eigenvalue weighted by molar-refractivity contribution is -0.222. The molecule has 8 nitrogen and oxygen atoms in total. The van der Waals surface area contributed by atoms with E-state index < -0.39 is 35.5 Å². The largest absolute Gasteiger partial charge is 0.479 e. The first kappa shape index (κ1) is 15.0. The van der Waals surface area contributed by atoms with Crippen LogP contribution in [0.5, 0.6) is 0 Å². The number of carbonyl (C=O) groups is 3. The van der Waals surface area contributed by atoms with Gasteiger partial charge in [-0.2, -0.15) is 0 Å². The van der Waals surface area contributed by atoms with Gasteiger partial charge in [0.1, 0.15) is 0 Å². The monoisotopic (exact) mass is 297 g/mol. The number of nitrogens with one attached hydrogen (secondary N) is 1. The Morgan fingerprint density at radius 1 is 1.29 bits per heavy atom. The summed E-state index contributed by atoms with van der Waals surface area (Å²) in [6, 6.07) is 0. The van der Waals surface area contributed by atoms with E-state index in [1.54, 1.807) is 6.92 Å². The number of hydrogen-bond donors (Lipinski definition) is 2. The Kier molecular flexibility index (Phi) is 3.50. The van der Waals surface area contributed by atoms with Crippen LogP contribution in [0.15, 0.2) is 23.9 Å². The van der Waals surface area contributed by atoms with Crippen molar-refractivity contribution >= 4 is 17.9 Å². The van der Waals surface area contributed by atoms with Crippen molar-refractivity contribution in [1.82, 2.24) is 5.32 Å². The molecule has 2 unspecified atom stereocenters. The van der Waals surface area contributed by atoms with Gasteiger partial charge in [0.05, 0.1) is 0 Å². The van der Waals surface area contributed by atoms with Gasteiger partial charge in [-0.3, -0.25) is 0 Å². The molecule has 2 rings (SSSR count). The number of ether oxygens (including phenoxy) is 3.